The number of imide groups is 1. The molecule has 1 unspecified atom stereocenters. The van der Waals surface area contributed by atoms with E-state index in [-0.39, 0.29) is 24.1 Å². The molecule has 0 bridgehead atoms. The lowest BCUT2D eigenvalue weighted by Crippen LogP contribution is -2.41. The number of nitrogens with zero attached hydrogens (tertiary/aromatic N) is 4. The molecule has 52 heavy (non-hydrogen) atoms. The summed E-state index contributed by atoms with van der Waals surface area (Å²) in [5.41, 5.74) is 9.39. The second-order valence-electron chi connectivity index (χ2n) is 13.4. The minimum absolute atomic E-state index is 0.0385. The molecule has 4 heterocycles. The van der Waals surface area contributed by atoms with Crippen molar-refractivity contribution in [2.45, 2.75) is 65.3 Å². The highest BCUT2D eigenvalue weighted by atomic mass is 79.9. The molecule has 1 aliphatic heterocycles. The summed E-state index contributed by atoms with van der Waals surface area (Å²) >= 11 is 3.79. The maximum Gasteiger partial charge on any atom is 0.249 e. The van der Waals surface area contributed by atoms with Gasteiger partial charge in [0.15, 0.2) is 5.88 Å². The number of unbranched alkanes of at least 4 members (excludes halogenated alkanes) is 3. The number of imidazole rings is 1. The van der Waals surface area contributed by atoms with Crippen molar-refractivity contribution in [1.29, 1.82) is 0 Å². The highest BCUT2D eigenvalue weighted by Crippen LogP contribution is 2.39. The molecule has 6 aromatic rings. The number of carbonyl (C=O) groups excluding carboxylic acids is 2. The summed E-state index contributed by atoms with van der Waals surface area (Å²) in [6.07, 6.45) is 12.1. The number of halogens is 1. The van der Waals surface area contributed by atoms with Gasteiger partial charge < -0.3 is 29.4 Å². The third kappa shape index (κ3) is 7.07. The summed E-state index contributed by atoms with van der Waals surface area (Å²) in [7, 11) is 0. The number of hydrogen-bond acceptors (Lipinski definition) is 8. The molecule has 0 radical (unpaired) electrons. The van der Waals surface area contributed by atoms with Gasteiger partial charge in [-0.1, -0.05) is 30.1 Å². The number of amides is 2. The van der Waals surface area contributed by atoms with Crippen molar-refractivity contribution in [3.63, 3.8) is 0 Å². The van der Waals surface area contributed by atoms with Crippen LogP contribution in [0.3, 0.4) is 0 Å². The Morgan fingerprint density at radius 3 is 2.44 bits per heavy atom. The van der Waals surface area contributed by atoms with Gasteiger partial charge in [-0.2, -0.15) is 0 Å². The van der Waals surface area contributed by atoms with Gasteiger partial charge in [-0.3, -0.25) is 14.9 Å². The number of aromatic nitrogens is 4. The average Bonchev–Trinajstić information content (AvgIpc) is 3.86. The molecule has 1 aliphatic rings. The van der Waals surface area contributed by atoms with Gasteiger partial charge in [-0.25, -0.2) is 4.98 Å². The van der Waals surface area contributed by atoms with Crippen LogP contribution in [0.2, 0.25) is 0 Å². The first-order valence-electron chi connectivity index (χ1n) is 17.7. The van der Waals surface area contributed by atoms with E-state index in [0.717, 1.165) is 99.4 Å². The van der Waals surface area contributed by atoms with Crippen molar-refractivity contribution in [1.82, 2.24) is 24.6 Å². The number of anilines is 2. The molecule has 3 aromatic heterocycles. The van der Waals surface area contributed by atoms with Crippen molar-refractivity contribution >= 4 is 49.9 Å². The van der Waals surface area contributed by atoms with Gasteiger partial charge in [-0.15, -0.1) is 0 Å². The van der Waals surface area contributed by atoms with E-state index in [1.807, 2.05) is 49.0 Å². The monoisotopic (exact) mass is 763 g/mol. The van der Waals surface area contributed by atoms with Gasteiger partial charge in [0.2, 0.25) is 11.8 Å². The third-order valence-electron chi connectivity index (χ3n) is 9.91. The Bertz CT molecular complexity index is 2240. The zero-order valence-corrected chi connectivity index (χ0v) is 31.1. The van der Waals surface area contributed by atoms with Crippen LogP contribution in [-0.2, 0) is 9.59 Å². The molecule has 1 atom stereocenters. The molecule has 0 spiro atoms. The lowest BCUT2D eigenvalue weighted by Gasteiger charge is -2.22. The van der Waals surface area contributed by atoms with Gasteiger partial charge in [-0.05, 0) is 115 Å². The molecular weight excluding hydrogens is 722 g/mol. The zero-order valence-electron chi connectivity index (χ0n) is 29.5. The quantitative estimate of drug-likeness (QED) is 0.0678. The van der Waals surface area contributed by atoms with Crippen LogP contribution in [0.4, 0.5) is 11.4 Å². The van der Waals surface area contributed by atoms with E-state index in [1.165, 1.54) is 5.56 Å². The fourth-order valence-corrected chi connectivity index (χ4v) is 7.73. The minimum Gasteiger partial charge on any atom is -0.494 e. The number of hydrogen-bond donors (Lipinski definition) is 4. The number of nitrogens with one attached hydrogen (secondary N) is 3. The van der Waals surface area contributed by atoms with Gasteiger partial charge in [0.1, 0.15) is 11.8 Å². The van der Waals surface area contributed by atoms with E-state index < -0.39 is 6.04 Å². The zero-order chi connectivity index (χ0) is 36.4. The molecule has 0 saturated carbocycles. The summed E-state index contributed by atoms with van der Waals surface area (Å²) < 4.78 is 10.1. The Balaban J connectivity index is 0.975. The molecule has 11 nitrogen and oxygen atoms in total. The van der Waals surface area contributed by atoms with Crippen molar-refractivity contribution in [2.75, 3.05) is 23.7 Å². The molecule has 1 fully saturated rings. The van der Waals surface area contributed by atoms with Crippen LogP contribution in [0.25, 0.3) is 38.7 Å². The lowest BCUT2D eigenvalue weighted by atomic mass is 9.93. The Hall–Kier alpha value is -5.36. The predicted octanol–water partition coefficient (Wildman–Crippen LogP) is 8.60. The molecule has 3 aromatic carbocycles. The number of carbonyl (C=O) groups is 2. The van der Waals surface area contributed by atoms with Crippen molar-refractivity contribution in [3.8, 4) is 33.8 Å². The number of aromatic hydroxyl groups is 1. The number of fused-ring (bicyclic) bond motifs is 1. The average molecular weight is 765 g/mol. The molecular formula is C40H42BrN7O4. The molecule has 1 saturated heterocycles. The fraction of sp³-hybridized carbons (Fsp3) is 0.300. The van der Waals surface area contributed by atoms with E-state index in [0.29, 0.717) is 11.8 Å². The maximum atomic E-state index is 12.5. The topological polar surface area (TPSA) is 139 Å². The van der Waals surface area contributed by atoms with Gasteiger partial charge >= 0.3 is 0 Å². The Kier molecular flexibility index (Phi) is 10.2. The van der Waals surface area contributed by atoms with Gasteiger partial charge in [0.05, 0.1) is 17.7 Å². The molecule has 0 aliphatic carbocycles. The third-order valence-corrected chi connectivity index (χ3v) is 10.5. The first-order valence-corrected chi connectivity index (χ1v) is 18.5. The number of aryl methyl sites for hydroxylation is 2. The van der Waals surface area contributed by atoms with Crippen LogP contribution in [0.15, 0.2) is 82.4 Å². The second kappa shape index (κ2) is 15.1. The van der Waals surface area contributed by atoms with Crippen LogP contribution in [-0.4, -0.2) is 49.3 Å². The highest BCUT2D eigenvalue weighted by molar-refractivity contribution is 9.10. The van der Waals surface area contributed by atoms with E-state index in [4.69, 9.17) is 4.52 Å². The first-order chi connectivity index (χ1) is 25.2. The SMILES string of the molecule is Cc1noc(C)c1-c1cc(NCCCCCCNc2cccc3c(O)n(C4CCC(=O)NC4=O)cc23)c(C)c(-c2ccc(-n3ccnc3)c(Br)c2)c1. The van der Waals surface area contributed by atoms with Gasteiger partial charge in [0, 0.05) is 70.3 Å². The number of rotatable bonds is 13. The van der Waals surface area contributed by atoms with E-state index in [2.05, 4.69) is 79.3 Å². The number of piperidine rings is 1. The Morgan fingerprint density at radius 1 is 0.962 bits per heavy atom. The van der Waals surface area contributed by atoms with E-state index >= 15 is 0 Å². The Morgan fingerprint density at radius 2 is 1.75 bits per heavy atom. The van der Waals surface area contributed by atoms with Crippen molar-refractivity contribution < 1.29 is 19.2 Å². The van der Waals surface area contributed by atoms with Gasteiger partial charge in [0.25, 0.3) is 0 Å². The van der Waals surface area contributed by atoms with Crippen LogP contribution < -0.4 is 16.0 Å². The summed E-state index contributed by atoms with van der Waals surface area (Å²) in [4.78, 5) is 28.3. The Labute approximate surface area is 310 Å². The van der Waals surface area contributed by atoms with Crippen LogP contribution in [0.5, 0.6) is 5.88 Å². The summed E-state index contributed by atoms with van der Waals surface area (Å²) in [5, 5.41) is 26.3. The van der Waals surface area contributed by atoms with E-state index in [9.17, 15) is 14.7 Å². The summed E-state index contributed by atoms with van der Waals surface area (Å²) in [6, 6.07) is 16.0. The second-order valence-corrected chi connectivity index (χ2v) is 14.2. The lowest BCUT2D eigenvalue weighted by molar-refractivity contribution is -0.135. The standard InChI is InChI=1S/C40H42BrN7O4/c1-24-30(27-11-12-35(32(41)20-27)47-18-17-42-23-47)19-28(38-25(2)46-52-26(38)3)21-34(24)44-16-7-5-4-6-15-43-33-10-8-9-29-31(33)22-48(40(29)51)36-13-14-37(49)45-39(36)50/h8-12,17-23,36,43-44,51H,4-7,13-16H2,1-3H3,(H,45,49,50). The van der Waals surface area contributed by atoms with Crippen LogP contribution >= 0.6 is 15.9 Å². The number of benzene rings is 3. The highest BCUT2D eigenvalue weighted by Gasteiger charge is 2.30. The molecule has 2 amide bonds. The summed E-state index contributed by atoms with van der Waals surface area (Å²) in [5.74, 6) is 0.171. The fourth-order valence-electron chi connectivity index (χ4n) is 7.15. The maximum absolute atomic E-state index is 12.5. The van der Waals surface area contributed by atoms with Crippen LogP contribution in [0.1, 0.15) is 61.6 Å². The first kappa shape index (κ1) is 35.1. The van der Waals surface area contributed by atoms with Crippen molar-refractivity contribution in [3.05, 3.63) is 94.9 Å². The van der Waals surface area contributed by atoms with Crippen LogP contribution in [0, 0.1) is 20.8 Å². The van der Waals surface area contributed by atoms with E-state index in [1.54, 1.807) is 17.1 Å². The molecule has 12 heteroatoms. The predicted molar refractivity (Wildman–Crippen MR) is 207 cm³/mol. The summed E-state index contributed by atoms with van der Waals surface area (Å²) in [6.45, 7) is 7.72. The van der Waals surface area contributed by atoms with Crippen molar-refractivity contribution in [2.24, 2.45) is 0 Å². The normalized spacial score (nSPS) is 14.6. The minimum atomic E-state index is -0.609. The largest absolute Gasteiger partial charge is 0.494 e. The molecule has 4 N–H and O–H groups in total. The molecule has 268 valence electrons. The smallest absolute Gasteiger partial charge is 0.249 e. The molecule has 7 rings (SSSR count).